The van der Waals surface area contributed by atoms with Gasteiger partial charge < -0.3 is 4.90 Å². The zero-order chi connectivity index (χ0) is 21.1. The van der Waals surface area contributed by atoms with E-state index in [1.54, 1.807) is 0 Å². The fraction of sp³-hybridized carbons (Fsp3) is 0.375. The van der Waals surface area contributed by atoms with Crippen molar-refractivity contribution in [1.82, 2.24) is 20.1 Å². The van der Waals surface area contributed by atoms with Gasteiger partial charge in [-0.3, -0.25) is 14.7 Å². The summed E-state index contributed by atoms with van der Waals surface area (Å²) in [5, 5.41) is 8.54. The Hall–Kier alpha value is -2.99. The predicted octanol–water partition coefficient (Wildman–Crippen LogP) is 3.37. The molecule has 2 aromatic carbocycles. The maximum absolute atomic E-state index is 12.5. The predicted molar refractivity (Wildman–Crippen MR) is 120 cm³/mol. The molecule has 2 heterocycles. The normalized spacial score (nSPS) is 15.5. The minimum Gasteiger partial charge on any atom is -0.338 e. The average Bonchev–Trinajstić information content (AvgIpc) is 2.75. The van der Waals surface area contributed by atoms with E-state index >= 15 is 0 Å². The average molecular weight is 404 g/mol. The van der Waals surface area contributed by atoms with E-state index in [4.69, 9.17) is 0 Å². The Kier molecular flexibility index (Phi) is 5.68. The van der Waals surface area contributed by atoms with Gasteiger partial charge in [0.05, 0.1) is 6.04 Å². The largest absolute Gasteiger partial charge is 0.338 e. The van der Waals surface area contributed by atoms with Gasteiger partial charge in [-0.2, -0.15) is 0 Å². The lowest BCUT2D eigenvalue weighted by atomic mass is 9.93. The second-order valence-electron chi connectivity index (χ2n) is 8.82. The summed E-state index contributed by atoms with van der Waals surface area (Å²) in [7, 11) is 0. The first-order valence-corrected chi connectivity index (χ1v) is 10.5. The molecule has 0 amide bonds. The van der Waals surface area contributed by atoms with Crippen molar-refractivity contribution in [3.8, 4) is 0 Å². The van der Waals surface area contributed by atoms with E-state index in [0.717, 1.165) is 26.2 Å². The number of nitrogens with one attached hydrogen (secondary N) is 1. The number of aromatic amines is 1. The number of nitrogens with zero attached hydrogens (tertiary/aromatic N) is 4. The lowest BCUT2D eigenvalue weighted by Gasteiger charge is -2.39. The summed E-state index contributed by atoms with van der Waals surface area (Å²) < 4.78 is 0. The van der Waals surface area contributed by atoms with Crippen LogP contribution in [-0.4, -0.2) is 46.3 Å². The number of anilines is 1. The van der Waals surface area contributed by atoms with Crippen LogP contribution in [-0.2, 0) is 5.41 Å². The van der Waals surface area contributed by atoms with Crippen LogP contribution in [0.3, 0.4) is 0 Å². The Morgan fingerprint density at radius 3 is 1.83 bits per heavy atom. The van der Waals surface area contributed by atoms with Crippen LogP contribution in [0.5, 0.6) is 0 Å². The molecule has 1 saturated heterocycles. The van der Waals surface area contributed by atoms with Crippen molar-refractivity contribution in [2.45, 2.75) is 32.2 Å². The van der Waals surface area contributed by atoms with Crippen LogP contribution < -0.4 is 10.5 Å². The topological polar surface area (TPSA) is 65.1 Å². The van der Waals surface area contributed by atoms with Crippen molar-refractivity contribution in [3.63, 3.8) is 0 Å². The lowest BCUT2D eigenvalue weighted by Crippen LogP contribution is -2.49. The van der Waals surface area contributed by atoms with Gasteiger partial charge in [0, 0.05) is 31.6 Å². The Balaban J connectivity index is 1.53. The minimum absolute atomic E-state index is 0.152. The van der Waals surface area contributed by atoms with Gasteiger partial charge >= 0.3 is 0 Å². The third-order valence-electron chi connectivity index (χ3n) is 5.61. The van der Waals surface area contributed by atoms with Crippen molar-refractivity contribution in [1.29, 1.82) is 0 Å². The van der Waals surface area contributed by atoms with Gasteiger partial charge in [-0.25, -0.2) is 0 Å². The molecule has 1 aliphatic heterocycles. The van der Waals surface area contributed by atoms with Crippen molar-refractivity contribution >= 4 is 5.95 Å². The molecule has 0 unspecified atom stereocenters. The summed E-state index contributed by atoms with van der Waals surface area (Å²) in [6, 6.07) is 21.5. The van der Waals surface area contributed by atoms with Gasteiger partial charge in [-0.15, -0.1) is 10.2 Å². The van der Waals surface area contributed by atoms with E-state index in [-0.39, 0.29) is 17.0 Å². The zero-order valence-corrected chi connectivity index (χ0v) is 17.9. The SMILES string of the molecule is CC(C)(C)c1nnc(N2CCN(C(c3ccccc3)c3ccccc3)CC2)[nH]c1=O. The first-order valence-electron chi connectivity index (χ1n) is 10.5. The highest BCUT2D eigenvalue weighted by Gasteiger charge is 2.28. The molecule has 30 heavy (non-hydrogen) atoms. The molecule has 6 nitrogen and oxygen atoms in total. The Labute approximate surface area is 177 Å². The quantitative estimate of drug-likeness (QED) is 0.724. The summed E-state index contributed by atoms with van der Waals surface area (Å²) in [6.45, 7) is 9.23. The molecule has 0 saturated carbocycles. The molecule has 0 atom stereocenters. The first-order chi connectivity index (χ1) is 14.4. The summed E-state index contributed by atoms with van der Waals surface area (Å²) in [4.78, 5) is 20.0. The molecule has 3 aromatic rings. The van der Waals surface area contributed by atoms with Gasteiger partial charge in [-0.1, -0.05) is 81.4 Å². The third kappa shape index (κ3) is 4.28. The van der Waals surface area contributed by atoms with E-state index in [9.17, 15) is 4.79 Å². The zero-order valence-electron chi connectivity index (χ0n) is 17.9. The molecule has 1 aliphatic rings. The molecule has 4 rings (SSSR count). The summed E-state index contributed by atoms with van der Waals surface area (Å²) >= 11 is 0. The molecule has 0 aliphatic carbocycles. The van der Waals surface area contributed by atoms with Crippen LogP contribution in [0.1, 0.15) is 43.6 Å². The molecule has 0 radical (unpaired) electrons. The van der Waals surface area contributed by atoms with Gasteiger partial charge in [0.25, 0.3) is 5.56 Å². The van der Waals surface area contributed by atoms with E-state index in [0.29, 0.717) is 11.6 Å². The molecule has 0 spiro atoms. The smallest absolute Gasteiger partial charge is 0.274 e. The third-order valence-corrected chi connectivity index (χ3v) is 5.61. The van der Waals surface area contributed by atoms with Gasteiger partial charge in [0.15, 0.2) is 0 Å². The molecule has 6 heteroatoms. The van der Waals surface area contributed by atoms with Crippen molar-refractivity contribution < 1.29 is 0 Å². The fourth-order valence-electron chi connectivity index (χ4n) is 4.04. The first kappa shape index (κ1) is 20.3. The number of aromatic nitrogens is 3. The number of rotatable bonds is 4. The Bertz CT molecular complexity index is 979. The second kappa shape index (κ2) is 8.40. The number of hydrogen-bond acceptors (Lipinski definition) is 5. The van der Waals surface area contributed by atoms with Crippen molar-refractivity contribution in [3.05, 3.63) is 87.8 Å². The van der Waals surface area contributed by atoms with E-state index < -0.39 is 0 Å². The van der Waals surface area contributed by atoms with Gasteiger partial charge in [0.1, 0.15) is 5.69 Å². The number of piperazine rings is 1. The highest BCUT2D eigenvalue weighted by atomic mass is 16.1. The minimum atomic E-state index is -0.323. The Morgan fingerprint density at radius 2 is 1.37 bits per heavy atom. The van der Waals surface area contributed by atoms with Crippen molar-refractivity contribution in [2.24, 2.45) is 0 Å². The highest BCUT2D eigenvalue weighted by molar-refractivity contribution is 5.34. The van der Waals surface area contributed by atoms with Crippen LogP contribution in [0.4, 0.5) is 5.95 Å². The Morgan fingerprint density at radius 1 is 0.833 bits per heavy atom. The standard InChI is InChI=1S/C24H29N5O/c1-24(2,3)21-22(30)25-23(27-26-21)29-16-14-28(15-17-29)20(18-10-6-4-7-11-18)19-12-8-5-9-13-19/h4-13,20H,14-17H2,1-3H3,(H,25,27,30). The second-order valence-corrected chi connectivity index (χ2v) is 8.82. The van der Waals surface area contributed by atoms with E-state index in [1.165, 1.54) is 11.1 Å². The summed E-state index contributed by atoms with van der Waals surface area (Å²) in [5.41, 5.74) is 2.58. The van der Waals surface area contributed by atoms with Crippen LogP contribution in [0, 0.1) is 0 Å². The molecule has 0 bridgehead atoms. The van der Waals surface area contributed by atoms with Gasteiger partial charge in [-0.05, 0) is 11.1 Å². The molecule has 1 aromatic heterocycles. The van der Waals surface area contributed by atoms with Crippen LogP contribution in [0.25, 0.3) is 0 Å². The van der Waals surface area contributed by atoms with E-state index in [1.807, 2.05) is 20.8 Å². The molecule has 156 valence electrons. The van der Waals surface area contributed by atoms with Crippen molar-refractivity contribution in [2.75, 3.05) is 31.1 Å². The number of H-pyrrole nitrogens is 1. The number of benzene rings is 2. The molecule has 1 fully saturated rings. The molecular weight excluding hydrogens is 374 g/mol. The van der Waals surface area contributed by atoms with Crippen LogP contribution in [0.2, 0.25) is 0 Å². The summed E-state index contributed by atoms with van der Waals surface area (Å²) in [6.07, 6.45) is 0. The summed E-state index contributed by atoms with van der Waals surface area (Å²) in [5.74, 6) is 0.559. The molecule has 1 N–H and O–H groups in total. The van der Waals surface area contributed by atoms with Crippen LogP contribution >= 0.6 is 0 Å². The monoisotopic (exact) mass is 403 g/mol. The lowest BCUT2D eigenvalue weighted by molar-refractivity contribution is 0.211. The maximum atomic E-state index is 12.5. The highest BCUT2D eigenvalue weighted by Crippen LogP contribution is 2.29. The van der Waals surface area contributed by atoms with E-state index in [2.05, 4.69) is 85.6 Å². The van der Waals surface area contributed by atoms with Gasteiger partial charge in [0.2, 0.25) is 5.95 Å². The van der Waals surface area contributed by atoms with Crippen LogP contribution in [0.15, 0.2) is 65.5 Å². The maximum Gasteiger partial charge on any atom is 0.274 e. The fourth-order valence-corrected chi connectivity index (χ4v) is 4.04. The molecular formula is C24H29N5O. The number of hydrogen-bond donors (Lipinski definition) is 1.